The van der Waals surface area contributed by atoms with Crippen LogP contribution in [-0.2, 0) is 6.54 Å². The lowest BCUT2D eigenvalue weighted by Gasteiger charge is -2.19. The Hall–Kier alpha value is -0.940. The van der Waals surface area contributed by atoms with E-state index in [2.05, 4.69) is 0 Å². The maximum absolute atomic E-state index is 12.0. The van der Waals surface area contributed by atoms with Crippen molar-refractivity contribution >= 4 is 11.6 Å². The molecule has 0 atom stereocenters. The molecule has 0 bridgehead atoms. The van der Waals surface area contributed by atoms with Crippen LogP contribution in [0.1, 0.15) is 12.0 Å². The van der Waals surface area contributed by atoms with E-state index in [1.807, 2.05) is 0 Å². The van der Waals surface area contributed by atoms with Gasteiger partial charge in [0, 0.05) is 23.7 Å². The zero-order valence-corrected chi connectivity index (χ0v) is 10.0. The Labute approximate surface area is 103 Å². The van der Waals surface area contributed by atoms with Crippen molar-refractivity contribution < 1.29 is 18.3 Å². The van der Waals surface area contributed by atoms with Crippen LogP contribution in [-0.4, -0.2) is 29.8 Å². The normalized spacial score (nSPS) is 12.1. The number of alkyl halides is 3. The average molecular weight is 268 g/mol. The molecule has 0 saturated carbocycles. The van der Waals surface area contributed by atoms with Crippen molar-refractivity contribution in [2.75, 3.05) is 13.6 Å². The molecule has 6 heteroatoms. The minimum Gasteiger partial charge on any atom is -0.508 e. The molecule has 0 saturated heterocycles. The van der Waals surface area contributed by atoms with Crippen molar-refractivity contribution in [1.29, 1.82) is 0 Å². The number of benzene rings is 1. The summed E-state index contributed by atoms with van der Waals surface area (Å²) in [6.07, 6.45) is -5.05. The van der Waals surface area contributed by atoms with Crippen LogP contribution >= 0.6 is 11.6 Å². The summed E-state index contributed by atoms with van der Waals surface area (Å²) in [5.41, 5.74) is 0.443. The highest BCUT2D eigenvalue weighted by Gasteiger charge is 2.27. The number of phenols is 1. The van der Waals surface area contributed by atoms with E-state index in [4.69, 9.17) is 11.6 Å². The maximum Gasteiger partial charge on any atom is 0.390 e. The van der Waals surface area contributed by atoms with Gasteiger partial charge in [0.05, 0.1) is 6.42 Å². The predicted molar refractivity (Wildman–Crippen MR) is 60.1 cm³/mol. The third-order valence-electron chi connectivity index (χ3n) is 2.30. The molecule has 0 unspecified atom stereocenters. The number of hydrogen-bond acceptors (Lipinski definition) is 2. The minimum atomic E-state index is -4.17. The molecule has 17 heavy (non-hydrogen) atoms. The van der Waals surface area contributed by atoms with Crippen LogP contribution in [0.2, 0.25) is 5.02 Å². The van der Waals surface area contributed by atoms with Crippen LogP contribution in [0.25, 0.3) is 0 Å². The van der Waals surface area contributed by atoms with Gasteiger partial charge in [-0.1, -0.05) is 17.7 Å². The minimum absolute atomic E-state index is 0.00337. The van der Waals surface area contributed by atoms with Gasteiger partial charge in [0.15, 0.2) is 0 Å². The van der Waals surface area contributed by atoms with Gasteiger partial charge in [0.1, 0.15) is 5.75 Å². The molecule has 0 spiro atoms. The molecular weight excluding hydrogens is 255 g/mol. The van der Waals surface area contributed by atoms with Gasteiger partial charge in [-0.15, -0.1) is 0 Å². The smallest absolute Gasteiger partial charge is 0.390 e. The fourth-order valence-electron chi connectivity index (χ4n) is 1.37. The summed E-state index contributed by atoms with van der Waals surface area (Å²) in [7, 11) is 1.55. The second kappa shape index (κ2) is 5.60. The van der Waals surface area contributed by atoms with Gasteiger partial charge in [-0.25, -0.2) is 0 Å². The van der Waals surface area contributed by atoms with Crippen LogP contribution < -0.4 is 0 Å². The Morgan fingerprint density at radius 2 is 2.00 bits per heavy atom. The summed E-state index contributed by atoms with van der Waals surface area (Å²) in [5.74, 6) is -0.00337. The van der Waals surface area contributed by atoms with E-state index in [0.29, 0.717) is 10.6 Å². The summed E-state index contributed by atoms with van der Waals surface area (Å²) >= 11 is 5.85. The van der Waals surface area contributed by atoms with Gasteiger partial charge in [-0.3, -0.25) is 0 Å². The quantitative estimate of drug-likeness (QED) is 0.903. The van der Waals surface area contributed by atoms with Crippen LogP contribution in [0.3, 0.4) is 0 Å². The van der Waals surface area contributed by atoms with Gasteiger partial charge >= 0.3 is 6.18 Å². The molecule has 0 fully saturated rings. The largest absolute Gasteiger partial charge is 0.508 e. The molecule has 1 rings (SSSR count). The van der Waals surface area contributed by atoms with E-state index in [9.17, 15) is 18.3 Å². The fourth-order valence-corrected chi connectivity index (χ4v) is 1.60. The number of rotatable bonds is 4. The van der Waals surface area contributed by atoms with Gasteiger partial charge in [0.25, 0.3) is 0 Å². The Morgan fingerprint density at radius 1 is 1.35 bits per heavy atom. The molecule has 1 aromatic carbocycles. The molecule has 1 N–H and O–H groups in total. The summed E-state index contributed by atoms with van der Waals surface area (Å²) in [6, 6.07) is 4.63. The second-order valence-electron chi connectivity index (χ2n) is 3.84. The van der Waals surface area contributed by atoms with Crippen molar-refractivity contribution in [2.45, 2.75) is 19.1 Å². The topological polar surface area (TPSA) is 23.5 Å². The summed E-state index contributed by atoms with van der Waals surface area (Å²) in [5, 5.41) is 9.89. The number of halogens is 4. The summed E-state index contributed by atoms with van der Waals surface area (Å²) < 4.78 is 36.0. The molecule has 96 valence electrons. The Kier molecular flexibility index (Phi) is 4.65. The first kappa shape index (κ1) is 14.1. The van der Waals surface area contributed by atoms with Gasteiger partial charge in [-0.2, -0.15) is 13.2 Å². The van der Waals surface area contributed by atoms with Crippen LogP contribution in [0.15, 0.2) is 18.2 Å². The summed E-state index contributed by atoms with van der Waals surface area (Å²) in [6.45, 7) is 0.0513. The molecule has 0 amide bonds. The molecule has 0 heterocycles. The first-order chi connectivity index (χ1) is 7.79. The van der Waals surface area contributed by atoms with E-state index in [1.54, 1.807) is 19.2 Å². The standard InChI is InChI=1S/C11H13ClF3NO/c1-16(6-5-11(13,14)15)7-8-9(12)3-2-4-10(8)17/h2-4,17H,5-7H2,1H3. The van der Waals surface area contributed by atoms with Gasteiger partial charge in [0.2, 0.25) is 0 Å². The third kappa shape index (κ3) is 4.83. The zero-order chi connectivity index (χ0) is 13.1. The number of phenolic OH excluding ortho intramolecular Hbond substituents is 1. The maximum atomic E-state index is 12.0. The number of nitrogens with zero attached hydrogens (tertiary/aromatic N) is 1. The van der Waals surface area contributed by atoms with Crippen molar-refractivity contribution in [1.82, 2.24) is 4.90 Å². The van der Waals surface area contributed by atoms with Crippen LogP contribution in [0, 0.1) is 0 Å². The predicted octanol–water partition coefficient (Wildman–Crippen LogP) is 3.43. The highest BCUT2D eigenvalue weighted by Crippen LogP contribution is 2.27. The Bertz CT molecular complexity index is 361. The van der Waals surface area contributed by atoms with Crippen molar-refractivity contribution in [3.05, 3.63) is 28.8 Å². The van der Waals surface area contributed by atoms with Crippen molar-refractivity contribution in [2.24, 2.45) is 0 Å². The number of aromatic hydroxyl groups is 1. The van der Waals surface area contributed by atoms with E-state index in [1.165, 1.54) is 11.0 Å². The lowest BCUT2D eigenvalue weighted by Crippen LogP contribution is -2.24. The van der Waals surface area contributed by atoms with Crippen LogP contribution in [0.4, 0.5) is 13.2 Å². The fraction of sp³-hybridized carbons (Fsp3) is 0.455. The molecule has 2 nitrogen and oxygen atoms in total. The highest BCUT2D eigenvalue weighted by molar-refractivity contribution is 6.31. The molecular formula is C11H13ClF3NO. The van der Waals surface area contributed by atoms with Crippen molar-refractivity contribution in [3.8, 4) is 5.75 Å². The van der Waals surface area contributed by atoms with E-state index >= 15 is 0 Å². The second-order valence-corrected chi connectivity index (χ2v) is 4.25. The Balaban J connectivity index is 2.59. The lowest BCUT2D eigenvalue weighted by atomic mass is 10.2. The number of hydrogen-bond donors (Lipinski definition) is 1. The SMILES string of the molecule is CN(CCC(F)(F)F)Cc1c(O)cccc1Cl. The highest BCUT2D eigenvalue weighted by atomic mass is 35.5. The van der Waals surface area contributed by atoms with Gasteiger partial charge < -0.3 is 10.0 Å². The van der Waals surface area contributed by atoms with E-state index in [-0.39, 0.29) is 18.8 Å². The van der Waals surface area contributed by atoms with E-state index in [0.717, 1.165) is 0 Å². The van der Waals surface area contributed by atoms with Crippen molar-refractivity contribution in [3.63, 3.8) is 0 Å². The molecule has 0 aliphatic rings. The molecule has 0 aromatic heterocycles. The zero-order valence-electron chi connectivity index (χ0n) is 9.26. The molecule has 1 aromatic rings. The van der Waals surface area contributed by atoms with Crippen LogP contribution in [0.5, 0.6) is 5.75 Å². The third-order valence-corrected chi connectivity index (χ3v) is 2.65. The van der Waals surface area contributed by atoms with E-state index < -0.39 is 12.6 Å². The summed E-state index contributed by atoms with van der Waals surface area (Å²) in [4.78, 5) is 1.47. The average Bonchev–Trinajstić information content (AvgIpc) is 2.20. The first-order valence-electron chi connectivity index (χ1n) is 5.01. The van der Waals surface area contributed by atoms with Gasteiger partial charge in [-0.05, 0) is 19.2 Å². The molecule has 0 aliphatic heterocycles. The molecule has 0 radical (unpaired) electrons. The molecule has 0 aliphatic carbocycles. The monoisotopic (exact) mass is 267 g/mol. The first-order valence-corrected chi connectivity index (χ1v) is 5.39. The lowest BCUT2D eigenvalue weighted by molar-refractivity contribution is -0.137. The Morgan fingerprint density at radius 3 is 2.53 bits per heavy atom.